The quantitative estimate of drug-likeness (QED) is 0.362. The van der Waals surface area contributed by atoms with E-state index in [2.05, 4.69) is 35.7 Å². The Kier molecular flexibility index (Phi) is 5.86. The number of fused-ring (bicyclic) bond motifs is 2. The van der Waals surface area contributed by atoms with Crippen molar-refractivity contribution >= 4 is 33.6 Å². The van der Waals surface area contributed by atoms with Gasteiger partial charge in [-0.15, -0.1) is 0 Å². The van der Waals surface area contributed by atoms with E-state index in [-0.39, 0.29) is 17.9 Å². The van der Waals surface area contributed by atoms with Crippen LogP contribution in [0.4, 0.5) is 15.9 Å². The topological polar surface area (TPSA) is 113 Å². The maximum Gasteiger partial charge on any atom is 0.280 e. The highest BCUT2D eigenvalue weighted by molar-refractivity contribution is 5.82. The molecule has 0 atom stereocenters. The van der Waals surface area contributed by atoms with Gasteiger partial charge in [-0.05, 0) is 42.8 Å². The minimum absolute atomic E-state index is 0.193. The minimum Gasteiger partial charge on any atom is -0.361 e. The van der Waals surface area contributed by atoms with Gasteiger partial charge in [0.2, 0.25) is 0 Å². The fourth-order valence-electron chi connectivity index (χ4n) is 3.39. The van der Waals surface area contributed by atoms with Crippen molar-refractivity contribution in [3.8, 4) is 0 Å². The van der Waals surface area contributed by atoms with Crippen LogP contribution >= 0.6 is 0 Å². The van der Waals surface area contributed by atoms with Crippen molar-refractivity contribution in [1.29, 1.82) is 0 Å². The predicted octanol–water partition coefficient (Wildman–Crippen LogP) is 4.17. The third kappa shape index (κ3) is 4.56. The summed E-state index contributed by atoms with van der Waals surface area (Å²) in [5.74, 6) is 0.604. The van der Waals surface area contributed by atoms with Crippen LogP contribution in [0.15, 0.2) is 59.9 Å². The van der Waals surface area contributed by atoms with Gasteiger partial charge < -0.3 is 10.3 Å². The molecule has 2 aromatic carbocycles. The van der Waals surface area contributed by atoms with Crippen LogP contribution in [0.2, 0.25) is 0 Å². The van der Waals surface area contributed by atoms with Crippen LogP contribution in [0.3, 0.4) is 0 Å². The fourth-order valence-corrected chi connectivity index (χ4v) is 3.39. The van der Waals surface area contributed by atoms with Crippen LogP contribution < -0.4 is 16.3 Å². The fraction of sp³-hybridized carbons (Fsp3) is 0.208. The van der Waals surface area contributed by atoms with Gasteiger partial charge in [-0.2, -0.15) is 0 Å². The Balaban J connectivity index is 0.000000745. The van der Waals surface area contributed by atoms with Gasteiger partial charge in [0.15, 0.2) is 17.3 Å². The summed E-state index contributed by atoms with van der Waals surface area (Å²) >= 11 is 0. The first-order valence-electron chi connectivity index (χ1n) is 11.0. The number of nitrogens with zero attached hydrogens (tertiary/aromatic N) is 5. The van der Waals surface area contributed by atoms with E-state index in [1.807, 2.05) is 19.1 Å². The van der Waals surface area contributed by atoms with Crippen LogP contribution in [0.25, 0.3) is 22.1 Å². The third-order valence-electron chi connectivity index (χ3n) is 5.25. The number of halogens is 1. The maximum atomic E-state index is 13.3. The molecule has 1 aliphatic carbocycles. The average Bonchev–Trinajstić information content (AvgIpc) is 3.65. The first-order chi connectivity index (χ1) is 16.6. The average molecular weight is 459 g/mol. The number of benzene rings is 2. The largest absolute Gasteiger partial charge is 0.361 e. The summed E-state index contributed by atoms with van der Waals surface area (Å²) in [4.78, 5) is 33.5. The van der Waals surface area contributed by atoms with Crippen molar-refractivity contribution in [2.75, 3.05) is 10.7 Å². The van der Waals surface area contributed by atoms with Crippen LogP contribution in [0.5, 0.6) is 0 Å². The predicted molar refractivity (Wildman–Crippen MR) is 129 cm³/mol. The molecule has 10 heteroatoms. The SMILES string of the molecule is C1CC1.Cc1cccc2nc(CNc3ncnc4nc[nH]c34)n(Nc3ccc(F)cc3)c(=O)c12. The van der Waals surface area contributed by atoms with Crippen LogP contribution in [-0.2, 0) is 6.54 Å². The number of aryl methyl sites for hydroxylation is 1. The molecule has 1 aliphatic rings. The standard InChI is InChI=1S/C21H17FN8O.C3H6/c1-12-3-2-4-15-17(12)21(31)30(29-14-7-5-13(22)6-8-14)16(28-15)9-23-19-18-20(25-10-24-18)27-11-26-19;1-2-3-1/h2-8,10-11,29H,9H2,1H3,(H2,23,24,25,26,27);1-3H2. The van der Waals surface area contributed by atoms with Gasteiger partial charge in [-0.3, -0.25) is 10.2 Å². The zero-order chi connectivity index (χ0) is 23.5. The summed E-state index contributed by atoms with van der Waals surface area (Å²) in [6.07, 6.45) is 7.44. The first kappa shape index (κ1) is 21.5. The lowest BCUT2D eigenvalue weighted by molar-refractivity contribution is 0.628. The molecule has 0 amide bonds. The van der Waals surface area contributed by atoms with E-state index in [0.29, 0.717) is 39.4 Å². The van der Waals surface area contributed by atoms with E-state index in [0.717, 1.165) is 5.56 Å². The molecule has 1 fully saturated rings. The van der Waals surface area contributed by atoms with Gasteiger partial charge in [0.05, 0.1) is 29.5 Å². The monoisotopic (exact) mass is 458 g/mol. The number of hydrogen-bond acceptors (Lipinski definition) is 7. The van der Waals surface area contributed by atoms with Crippen molar-refractivity contribution < 1.29 is 4.39 Å². The number of anilines is 2. The van der Waals surface area contributed by atoms with E-state index in [1.54, 1.807) is 18.2 Å². The molecule has 9 nitrogen and oxygen atoms in total. The highest BCUT2D eigenvalue weighted by Gasteiger charge is 2.14. The molecule has 0 unspecified atom stereocenters. The number of imidazole rings is 1. The molecule has 1 saturated carbocycles. The van der Waals surface area contributed by atoms with Crippen molar-refractivity contribution in [3.05, 3.63) is 82.7 Å². The number of hydrogen-bond donors (Lipinski definition) is 3. The van der Waals surface area contributed by atoms with E-state index < -0.39 is 0 Å². The lowest BCUT2D eigenvalue weighted by atomic mass is 10.1. The van der Waals surface area contributed by atoms with E-state index >= 15 is 0 Å². The minimum atomic E-state index is -0.361. The Labute approximate surface area is 194 Å². The zero-order valence-corrected chi connectivity index (χ0v) is 18.5. The van der Waals surface area contributed by atoms with Gasteiger partial charge >= 0.3 is 0 Å². The second kappa shape index (κ2) is 9.26. The molecule has 3 aromatic heterocycles. The molecule has 0 radical (unpaired) electrons. The Hall–Kier alpha value is -4.34. The van der Waals surface area contributed by atoms with Gasteiger partial charge in [-0.1, -0.05) is 31.4 Å². The van der Waals surface area contributed by atoms with Gasteiger partial charge in [0.1, 0.15) is 17.7 Å². The smallest absolute Gasteiger partial charge is 0.280 e. The molecule has 3 N–H and O–H groups in total. The van der Waals surface area contributed by atoms with Crippen molar-refractivity contribution in [1.82, 2.24) is 29.6 Å². The summed E-state index contributed by atoms with van der Waals surface area (Å²) in [5.41, 5.74) is 5.93. The van der Waals surface area contributed by atoms with Crippen LogP contribution in [-0.4, -0.2) is 29.6 Å². The summed E-state index contributed by atoms with van der Waals surface area (Å²) < 4.78 is 14.7. The number of aromatic amines is 1. The Bertz CT molecular complexity index is 1510. The van der Waals surface area contributed by atoms with E-state index in [9.17, 15) is 9.18 Å². The lowest BCUT2D eigenvalue weighted by Gasteiger charge is -2.17. The summed E-state index contributed by atoms with van der Waals surface area (Å²) in [7, 11) is 0. The molecule has 5 aromatic rings. The maximum absolute atomic E-state index is 13.3. The summed E-state index contributed by atoms with van der Waals surface area (Å²) in [6, 6.07) is 11.3. The molecule has 172 valence electrons. The van der Waals surface area contributed by atoms with Gasteiger partial charge in [0.25, 0.3) is 5.56 Å². The van der Waals surface area contributed by atoms with Crippen LogP contribution in [0, 0.1) is 12.7 Å². The van der Waals surface area contributed by atoms with Gasteiger partial charge in [-0.25, -0.2) is 29.0 Å². The molecule has 0 saturated heterocycles. The lowest BCUT2D eigenvalue weighted by Crippen LogP contribution is -2.32. The second-order valence-electron chi connectivity index (χ2n) is 7.99. The molecule has 6 rings (SSSR count). The first-order valence-corrected chi connectivity index (χ1v) is 11.0. The Morgan fingerprint density at radius 1 is 1.06 bits per heavy atom. The van der Waals surface area contributed by atoms with Crippen molar-refractivity contribution in [2.45, 2.75) is 32.7 Å². The molecule has 34 heavy (non-hydrogen) atoms. The molecular weight excluding hydrogens is 435 g/mol. The Morgan fingerprint density at radius 2 is 1.85 bits per heavy atom. The van der Waals surface area contributed by atoms with Crippen LogP contribution in [0.1, 0.15) is 30.7 Å². The molecule has 0 bridgehead atoms. The van der Waals surface area contributed by atoms with E-state index in [1.165, 1.54) is 48.7 Å². The second-order valence-corrected chi connectivity index (χ2v) is 7.99. The third-order valence-corrected chi connectivity index (χ3v) is 5.25. The summed E-state index contributed by atoms with van der Waals surface area (Å²) in [5, 5.41) is 3.70. The van der Waals surface area contributed by atoms with Crippen molar-refractivity contribution in [3.63, 3.8) is 0 Å². The molecular formula is C24H23FN8O. The number of H-pyrrole nitrogens is 1. The number of rotatable bonds is 5. The number of aromatic nitrogens is 6. The number of nitrogens with one attached hydrogen (secondary N) is 3. The molecule has 0 spiro atoms. The molecule has 0 aliphatic heterocycles. The highest BCUT2D eigenvalue weighted by Crippen LogP contribution is 2.18. The molecule has 3 heterocycles. The Morgan fingerprint density at radius 3 is 2.62 bits per heavy atom. The van der Waals surface area contributed by atoms with E-state index in [4.69, 9.17) is 0 Å². The highest BCUT2D eigenvalue weighted by atomic mass is 19.1. The van der Waals surface area contributed by atoms with Gasteiger partial charge in [0, 0.05) is 0 Å². The van der Waals surface area contributed by atoms with Crippen molar-refractivity contribution in [2.24, 2.45) is 0 Å². The summed E-state index contributed by atoms with van der Waals surface area (Å²) in [6.45, 7) is 2.06. The zero-order valence-electron chi connectivity index (χ0n) is 18.5. The normalized spacial score (nSPS) is 12.3.